The van der Waals surface area contributed by atoms with Crippen LogP contribution in [0.3, 0.4) is 0 Å². The third kappa shape index (κ3) is 3.81. The summed E-state index contributed by atoms with van der Waals surface area (Å²) in [5.41, 5.74) is 0.325. The van der Waals surface area contributed by atoms with Crippen LogP contribution in [0.15, 0.2) is 29.3 Å². The Hall–Kier alpha value is -2.73. The SMILES string of the molecule is CC(C)[C@H]1c2nc3cc(CO)c(S(C)(=O)=O)cc3n2CCN1c1nccc(C(F)(F)F)n1. The van der Waals surface area contributed by atoms with Crippen molar-refractivity contribution >= 4 is 26.8 Å². The predicted octanol–water partition coefficient (Wildman–Crippen LogP) is 2.96. The van der Waals surface area contributed by atoms with Crippen molar-refractivity contribution in [3.63, 3.8) is 0 Å². The average Bonchev–Trinajstić information content (AvgIpc) is 3.08. The highest BCUT2D eigenvalue weighted by Crippen LogP contribution is 2.38. The minimum atomic E-state index is -4.59. The predicted molar refractivity (Wildman–Crippen MR) is 111 cm³/mol. The van der Waals surface area contributed by atoms with Crippen molar-refractivity contribution in [3.05, 3.63) is 41.5 Å². The molecule has 8 nitrogen and oxygen atoms in total. The monoisotopic (exact) mass is 469 g/mol. The second kappa shape index (κ2) is 7.69. The molecule has 0 amide bonds. The number of imidazole rings is 1. The topological polar surface area (TPSA) is 101 Å². The lowest BCUT2D eigenvalue weighted by Gasteiger charge is -2.38. The number of hydrogen-bond donors (Lipinski definition) is 1. The zero-order chi connectivity index (χ0) is 23.4. The number of rotatable bonds is 4. The van der Waals surface area contributed by atoms with E-state index in [1.54, 1.807) is 11.0 Å². The van der Waals surface area contributed by atoms with Crippen LogP contribution < -0.4 is 4.90 Å². The Balaban J connectivity index is 1.87. The number of sulfone groups is 1. The van der Waals surface area contributed by atoms with Gasteiger partial charge in [-0.25, -0.2) is 23.4 Å². The molecule has 0 fully saturated rings. The van der Waals surface area contributed by atoms with E-state index in [1.165, 1.54) is 6.07 Å². The molecule has 12 heteroatoms. The second-order valence-corrected chi connectivity index (χ2v) is 10.1. The molecule has 2 aromatic heterocycles. The molecule has 0 radical (unpaired) electrons. The van der Waals surface area contributed by atoms with Gasteiger partial charge in [0.05, 0.1) is 28.6 Å². The summed E-state index contributed by atoms with van der Waals surface area (Å²) >= 11 is 0. The molecule has 0 saturated carbocycles. The van der Waals surface area contributed by atoms with Gasteiger partial charge in [-0.3, -0.25) is 0 Å². The Kier molecular flexibility index (Phi) is 5.40. The molecule has 1 N–H and O–H groups in total. The summed E-state index contributed by atoms with van der Waals surface area (Å²) in [6, 6.07) is 3.44. The number of aromatic nitrogens is 4. The Labute approximate surface area is 182 Å². The molecule has 3 aromatic rings. The van der Waals surface area contributed by atoms with Gasteiger partial charge in [0.1, 0.15) is 11.5 Å². The van der Waals surface area contributed by atoms with E-state index >= 15 is 0 Å². The lowest BCUT2D eigenvalue weighted by molar-refractivity contribution is -0.141. The zero-order valence-electron chi connectivity index (χ0n) is 17.6. The fourth-order valence-corrected chi connectivity index (χ4v) is 5.08. The molecule has 32 heavy (non-hydrogen) atoms. The molecule has 1 aliphatic rings. The summed E-state index contributed by atoms with van der Waals surface area (Å²) in [5.74, 6) is 0.484. The summed E-state index contributed by atoms with van der Waals surface area (Å²) < 4.78 is 65.8. The van der Waals surface area contributed by atoms with Crippen LogP contribution in [-0.2, 0) is 29.2 Å². The molecular formula is C20H22F3N5O3S. The Bertz CT molecular complexity index is 1290. The molecule has 0 bridgehead atoms. The minimum Gasteiger partial charge on any atom is -0.392 e. The van der Waals surface area contributed by atoms with Gasteiger partial charge in [-0.15, -0.1) is 0 Å². The van der Waals surface area contributed by atoms with Gasteiger partial charge in [0.15, 0.2) is 9.84 Å². The molecule has 0 aliphatic carbocycles. The van der Waals surface area contributed by atoms with Crippen molar-refractivity contribution in [2.75, 3.05) is 17.7 Å². The Morgan fingerprint density at radius 1 is 1.22 bits per heavy atom. The summed E-state index contributed by atoms with van der Waals surface area (Å²) in [6.45, 7) is 4.05. The molecule has 172 valence electrons. The number of nitrogens with zero attached hydrogens (tertiary/aromatic N) is 5. The smallest absolute Gasteiger partial charge is 0.392 e. The highest BCUT2D eigenvalue weighted by Gasteiger charge is 2.37. The van der Waals surface area contributed by atoms with Crippen LogP contribution in [0.1, 0.15) is 37.0 Å². The third-order valence-corrected chi connectivity index (χ3v) is 6.70. The van der Waals surface area contributed by atoms with Gasteiger partial charge in [0.2, 0.25) is 5.95 Å². The number of benzene rings is 1. The lowest BCUT2D eigenvalue weighted by atomic mass is 10.00. The highest BCUT2D eigenvalue weighted by atomic mass is 32.2. The van der Waals surface area contributed by atoms with Crippen LogP contribution in [0.2, 0.25) is 0 Å². The number of alkyl halides is 3. The van der Waals surface area contributed by atoms with E-state index in [9.17, 15) is 26.7 Å². The Morgan fingerprint density at radius 2 is 1.94 bits per heavy atom. The van der Waals surface area contributed by atoms with Gasteiger partial charge < -0.3 is 14.6 Å². The van der Waals surface area contributed by atoms with Crippen molar-refractivity contribution in [1.82, 2.24) is 19.5 Å². The van der Waals surface area contributed by atoms with Crippen LogP contribution >= 0.6 is 0 Å². The molecule has 1 aliphatic heterocycles. The normalized spacial score (nSPS) is 17.2. The maximum atomic E-state index is 13.2. The third-order valence-electron chi connectivity index (χ3n) is 5.52. The quantitative estimate of drug-likeness (QED) is 0.627. The van der Waals surface area contributed by atoms with Gasteiger partial charge >= 0.3 is 6.18 Å². The first-order valence-electron chi connectivity index (χ1n) is 9.92. The number of hydrogen-bond acceptors (Lipinski definition) is 7. The van der Waals surface area contributed by atoms with Crippen molar-refractivity contribution < 1.29 is 26.7 Å². The molecule has 0 spiro atoms. The summed E-state index contributed by atoms with van der Waals surface area (Å²) in [4.78, 5) is 14.2. The first-order valence-corrected chi connectivity index (χ1v) is 11.8. The number of anilines is 1. The van der Waals surface area contributed by atoms with Crippen molar-refractivity contribution in [2.45, 2.75) is 44.1 Å². The maximum absolute atomic E-state index is 13.2. The first kappa shape index (κ1) is 22.5. The van der Waals surface area contributed by atoms with Crippen molar-refractivity contribution in [2.24, 2.45) is 5.92 Å². The van der Waals surface area contributed by atoms with Gasteiger partial charge in [0, 0.05) is 25.5 Å². The minimum absolute atomic E-state index is 0.0277. The molecule has 1 aromatic carbocycles. The van der Waals surface area contributed by atoms with Crippen molar-refractivity contribution in [3.8, 4) is 0 Å². The fraction of sp³-hybridized carbons (Fsp3) is 0.450. The fourth-order valence-electron chi connectivity index (χ4n) is 4.16. The van der Waals surface area contributed by atoms with Crippen LogP contribution in [0, 0.1) is 5.92 Å². The maximum Gasteiger partial charge on any atom is 0.433 e. The number of halogens is 3. The molecule has 4 rings (SSSR count). The molecule has 0 saturated heterocycles. The van der Waals surface area contributed by atoms with E-state index in [4.69, 9.17) is 0 Å². The lowest BCUT2D eigenvalue weighted by Crippen LogP contribution is -2.42. The van der Waals surface area contributed by atoms with Crippen LogP contribution in [-0.4, -0.2) is 45.8 Å². The number of aliphatic hydroxyl groups is 1. The largest absolute Gasteiger partial charge is 0.433 e. The van der Waals surface area contributed by atoms with E-state index in [2.05, 4.69) is 15.0 Å². The number of fused-ring (bicyclic) bond motifs is 3. The Morgan fingerprint density at radius 3 is 2.53 bits per heavy atom. The molecule has 1 atom stereocenters. The molecule has 3 heterocycles. The summed E-state index contributed by atoms with van der Waals surface area (Å²) in [6.07, 6.45) is -2.42. The first-order chi connectivity index (χ1) is 14.9. The summed E-state index contributed by atoms with van der Waals surface area (Å²) in [7, 11) is -3.58. The highest BCUT2D eigenvalue weighted by molar-refractivity contribution is 7.90. The zero-order valence-corrected chi connectivity index (χ0v) is 18.4. The van der Waals surface area contributed by atoms with Gasteiger partial charge in [-0.05, 0) is 29.7 Å². The van der Waals surface area contributed by atoms with Crippen LogP contribution in [0.5, 0.6) is 0 Å². The standard InChI is InChI=1S/C20H22F3N5O3S/c1-11(2)17-18-25-13-8-12(10-29)15(32(3,30)31)9-14(13)27(18)6-7-28(17)19-24-5-4-16(26-19)20(21,22)23/h4-5,8-9,11,17,29H,6-7,10H2,1-3H3/t17-/m0/s1. The van der Waals surface area contributed by atoms with E-state index in [0.717, 1.165) is 18.5 Å². The van der Waals surface area contributed by atoms with E-state index in [1.807, 2.05) is 18.4 Å². The second-order valence-electron chi connectivity index (χ2n) is 8.12. The van der Waals surface area contributed by atoms with Crippen LogP contribution in [0.4, 0.5) is 19.1 Å². The van der Waals surface area contributed by atoms with Gasteiger partial charge in [-0.1, -0.05) is 13.8 Å². The molecule has 0 unspecified atom stereocenters. The number of aliphatic hydroxyl groups excluding tert-OH is 1. The van der Waals surface area contributed by atoms with Gasteiger partial charge in [0.25, 0.3) is 0 Å². The average molecular weight is 469 g/mol. The van der Waals surface area contributed by atoms with E-state index < -0.39 is 34.4 Å². The van der Waals surface area contributed by atoms with E-state index in [0.29, 0.717) is 29.9 Å². The van der Waals surface area contributed by atoms with Crippen LogP contribution in [0.25, 0.3) is 11.0 Å². The van der Waals surface area contributed by atoms with Gasteiger partial charge in [-0.2, -0.15) is 13.2 Å². The molecular weight excluding hydrogens is 447 g/mol. The summed E-state index contributed by atoms with van der Waals surface area (Å²) in [5, 5.41) is 9.65. The van der Waals surface area contributed by atoms with Crippen molar-refractivity contribution in [1.29, 1.82) is 0 Å². The van der Waals surface area contributed by atoms with E-state index in [-0.39, 0.29) is 22.3 Å².